The Morgan fingerprint density at radius 2 is 1.67 bits per heavy atom. The average molecular weight is 422 g/mol. The van der Waals surface area contributed by atoms with E-state index in [0.29, 0.717) is 11.8 Å². The minimum Gasteiger partial charge on any atom is -0.356 e. The highest BCUT2D eigenvalue weighted by atomic mass is 16.2. The van der Waals surface area contributed by atoms with Crippen molar-refractivity contribution in [3.8, 4) is 0 Å². The Morgan fingerprint density at radius 3 is 2.23 bits per heavy atom. The van der Waals surface area contributed by atoms with Crippen LogP contribution in [0.4, 0.5) is 0 Å². The Morgan fingerprint density at radius 1 is 1.03 bits per heavy atom. The van der Waals surface area contributed by atoms with E-state index in [1.54, 1.807) is 19.0 Å². The van der Waals surface area contributed by atoms with Crippen molar-refractivity contribution in [3.63, 3.8) is 0 Å². The smallest absolute Gasteiger partial charge is 0.243 e. The molecule has 0 atom stereocenters. The first-order valence-corrected chi connectivity index (χ1v) is 12.0. The molecular weight excluding hydrogens is 378 g/mol. The van der Waals surface area contributed by atoms with Crippen LogP contribution in [0.3, 0.4) is 0 Å². The molecule has 2 fully saturated rings. The number of nitrogens with zero attached hydrogens (tertiary/aromatic N) is 3. The summed E-state index contributed by atoms with van der Waals surface area (Å²) in [5.74, 6) is 1.88. The third kappa shape index (κ3) is 7.80. The lowest BCUT2D eigenvalue weighted by Gasteiger charge is -2.35. The van der Waals surface area contributed by atoms with Crippen molar-refractivity contribution >= 4 is 17.8 Å². The van der Waals surface area contributed by atoms with Crippen molar-refractivity contribution in [2.24, 2.45) is 16.8 Å². The molecule has 0 unspecified atom stereocenters. The highest BCUT2D eigenvalue weighted by Crippen LogP contribution is 2.22. The predicted octanol–water partition coefficient (Wildman–Crippen LogP) is 2.62. The molecule has 0 radical (unpaired) electrons. The van der Waals surface area contributed by atoms with E-state index in [4.69, 9.17) is 0 Å². The standard InChI is InChI=1S/C23H43N5O2/c1-5-19(6-2)22(30)28-14-12-20(13-15-28)26-23(25-17-21(29)27(3)4)24-16-18-10-8-7-9-11-18/h18-20H,5-17H2,1-4H3,(H2,24,25,26). The molecule has 0 bridgehead atoms. The molecule has 0 aromatic heterocycles. The average Bonchev–Trinajstić information content (AvgIpc) is 2.77. The number of piperidine rings is 1. The zero-order chi connectivity index (χ0) is 21.9. The Hall–Kier alpha value is -1.79. The maximum Gasteiger partial charge on any atom is 0.243 e. The molecule has 1 saturated carbocycles. The lowest BCUT2D eigenvalue weighted by atomic mass is 9.89. The van der Waals surface area contributed by atoms with Crippen LogP contribution in [0.25, 0.3) is 0 Å². The van der Waals surface area contributed by atoms with Gasteiger partial charge >= 0.3 is 0 Å². The minimum absolute atomic E-state index is 0.000597. The summed E-state index contributed by atoms with van der Waals surface area (Å²) < 4.78 is 0. The molecule has 2 N–H and O–H groups in total. The topological polar surface area (TPSA) is 77.0 Å². The molecule has 0 aromatic carbocycles. The van der Waals surface area contributed by atoms with Gasteiger partial charge in [-0.1, -0.05) is 33.1 Å². The lowest BCUT2D eigenvalue weighted by Crippen LogP contribution is -2.51. The summed E-state index contributed by atoms with van der Waals surface area (Å²) >= 11 is 0. The van der Waals surface area contributed by atoms with Gasteiger partial charge in [-0.05, 0) is 44.4 Å². The molecular formula is C23H43N5O2. The van der Waals surface area contributed by atoms with Crippen molar-refractivity contribution in [1.82, 2.24) is 20.4 Å². The number of nitrogens with one attached hydrogen (secondary N) is 2. The SMILES string of the molecule is CCC(CC)C(=O)N1CCC(NC(=NCC(=O)N(C)C)NCC2CCCCC2)CC1. The summed E-state index contributed by atoms with van der Waals surface area (Å²) in [6.07, 6.45) is 10.2. The Balaban J connectivity index is 1.88. The third-order valence-corrected chi connectivity index (χ3v) is 6.64. The normalized spacial score (nSPS) is 19.1. The van der Waals surface area contributed by atoms with Crippen molar-refractivity contribution < 1.29 is 9.59 Å². The fourth-order valence-corrected chi connectivity index (χ4v) is 4.41. The van der Waals surface area contributed by atoms with Crippen molar-refractivity contribution in [2.75, 3.05) is 40.3 Å². The van der Waals surface area contributed by atoms with E-state index in [2.05, 4.69) is 29.5 Å². The number of rotatable bonds is 8. The second-order valence-electron chi connectivity index (χ2n) is 9.10. The minimum atomic E-state index is -0.000597. The first kappa shape index (κ1) is 24.5. The molecule has 7 heteroatoms. The number of carbonyl (C=O) groups is 2. The van der Waals surface area contributed by atoms with Gasteiger partial charge in [-0.15, -0.1) is 0 Å². The zero-order valence-corrected chi connectivity index (χ0v) is 19.6. The molecule has 2 amide bonds. The highest BCUT2D eigenvalue weighted by Gasteiger charge is 2.27. The molecule has 0 aromatic rings. The van der Waals surface area contributed by atoms with E-state index >= 15 is 0 Å². The van der Waals surface area contributed by atoms with Gasteiger partial charge in [0.05, 0.1) is 0 Å². The lowest BCUT2D eigenvalue weighted by molar-refractivity contribution is -0.136. The highest BCUT2D eigenvalue weighted by molar-refractivity contribution is 5.85. The second-order valence-corrected chi connectivity index (χ2v) is 9.10. The molecule has 1 aliphatic heterocycles. The van der Waals surface area contributed by atoms with Gasteiger partial charge < -0.3 is 20.4 Å². The zero-order valence-electron chi connectivity index (χ0n) is 19.6. The molecule has 1 aliphatic carbocycles. The number of guanidine groups is 1. The van der Waals surface area contributed by atoms with Crippen LogP contribution in [-0.4, -0.2) is 73.9 Å². The Labute approximate surface area is 183 Å². The summed E-state index contributed by atoms with van der Waals surface area (Å²) in [7, 11) is 3.51. The summed E-state index contributed by atoms with van der Waals surface area (Å²) in [6.45, 7) is 6.83. The number of hydrogen-bond acceptors (Lipinski definition) is 3. The van der Waals surface area contributed by atoms with Gasteiger partial charge in [-0.3, -0.25) is 9.59 Å². The van der Waals surface area contributed by atoms with Crippen LogP contribution in [0.15, 0.2) is 4.99 Å². The molecule has 1 saturated heterocycles. The first-order chi connectivity index (χ1) is 14.4. The third-order valence-electron chi connectivity index (χ3n) is 6.64. The van der Waals surface area contributed by atoms with Gasteiger partial charge in [-0.25, -0.2) is 4.99 Å². The number of hydrogen-bond donors (Lipinski definition) is 2. The van der Waals surface area contributed by atoms with E-state index in [9.17, 15) is 9.59 Å². The fourth-order valence-electron chi connectivity index (χ4n) is 4.41. The number of likely N-dealkylation sites (tertiary alicyclic amines) is 1. The van der Waals surface area contributed by atoms with Gasteiger partial charge in [0, 0.05) is 45.7 Å². The molecule has 7 nitrogen and oxygen atoms in total. The van der Waals surface area contributed by atoms with E-state index in [0.717, 1.165) is 51.3 Å². The first-order valence-electron chi connectivity index (χ1n) is 12.0. The second kappa shape index (κ2) is 12.8. The number of aliphatic imine (C=N–C) groups is 1. The summed E-state index contributed by atoms with van der Waals surface area (Å²) in [6, 6.07) is 0.280. The number of carbonyl (C=O) groups excluding carboxylic acids is 2. The van der Waals surface area contributed by atoms with Gasteiger partial charge in [0.15, 0.2) is 5.96 Å². The van der Waals surface area contributed by atoms with Gasteiger partial charge in [0.25, 0.3) is 0 Å². The van der Waals surface area contributed by atoms with Gasteiger partial charge in [0.2, 0.25) is 11.8 Å². The maximum atomic E-state index is 12.6. The molecule has 2 rings (SSSR count). The molecule has 0 spiro atoms. The largest absolute Gasteiger partial charge is 0.356 e. The Kier molecular flexibility index (Phi) is 10.4. The predicted molar refractivity (Wildman–Crippen MR) is 122 cm³/mol. The molecule has 2 aliphatic rings. The van der Waals surface area contributed by atoms with E-state index < -0.39 is 0 Å². The van der Waals surface area contributed by atoms with Crippen molar-refractivity contribution in [1.29, 1.82) is 0 Å². The van der Waals surface area contributed by atoms with Gasteiger partial charge in [-0.2, -0.15) is 0 Å². The van der Waals surface area contributed by atoms with Gasteiger partial charge in [0.1, 0.15) is 6.54 Å². The van der Waals surface area contributed by atoms with E-state index in [1.807, 2.05) is 4.90 Å². The van der Waals surface area contributed by atoms with Crippen LogP contribution < -0.4 is 10.6 Å². The van der Waals surface area contributed by atoms with Crippen LogP contribution in [0.2, 0.25) is 0 Å². The molecule has 30 heavy (non-hydrogen) atoms. The van der Waals surface area contributed by atoms with Crippen LogP contribution in [-0.2, 0) is 9.59 Å². The summed E-state index contributed by atoms with van der Waals surface area (Å²) in [5, 5.41) is 7.03. The van der Waals surface area contributed by atoms with E-state index in [1.165, 1.54) is 32.1 Å². The Bertz CT molecular complexity index is 560. The van der Waals surface area contributed by atoms with Crippen molar-refractivity contribution in [2.45, 2.75) is 77.7 Å². The van der Waals surface area contributed by atoms with Crippen LogP contribution in [0.1, 0.15) is 71.6 Å². The van der Waals surface area contributed by atoms with Crippen molar-refractivity contribution in [3.05, 3.63) is 0 Å². The molecule has 172 valence electrons. The van der Waals surface area contributed by atoms with Crippen LogP contribution in [0.5, 0.6) is 0 Å². The number of likely N-dealkylation sites (N-methyl/N-ethyl adjacent to an activating group) is 1. The van der Waals surface area contributed by atoms with Crippen LogP contribution >= 0.6 is 0 Å². The monoisotopic (exact) mass is 421 g/mol. The fraction of sp³-hybridized carbons (Fsp3) is 0.870. The quantitative estimate of drug-likeness (QED) is 0.467. The summed E-state index contributed by atoms with van der Waals surface area (Å²) in [4.78, 5) is 32.8. The molecule has 1 heterocycles. The van der Waals surface area contributed by atoms with E-state index in [-0.39, 0.29) is 24.4 Å². The maximum absolute atomic E-state index is 12.6. The van der Waals surface area contributed by atoms with Crippen LogP contribution in [0, 0.1) is 11.8 Å². The number of amides is 2. The summed E-state index contributed by atoms with van der Waals surface area (Å²) in [5.41, 5.74) is 0.